The van der Waals surface area contributed by atoms with E-state index in [-0.39, 0.29) is 11.8 Å². The summed E-state index contributed by atoms with van der Waals surface area (Å²) in [5.41, 5.74) is 4.56. The van der Waals surface area contributed by atoms with Gasteiger partial charge in [0.25, 0.3) is 0 Å². The standard InChI is InChI=1S/C22H27N5O2/c1-3-18-19(4-2)26-21-20(25-18)11-16(12-23-21)27-9-5-7-15(14-27)22(28)24-13-17-8-6-10-29-17/h6,8,10-12,15H,3-5,7,9,13-14H2,1-2H3,(H,24,28). The Balaban J connectivity index is 1.48. The zero-order chi connectivity index (χ0) is 20.2. The van der Waals surface area contributed by atoms with Crippen molar-refractivity contribution in [3.05, 3.63) is 47.8 Å². The Kier molecular flexibility index (Phi) is 5.74. The Bertz CT molecular complexity index is 986. The number of carbonyl (C=O) groups excluding carboxylic acids is 1. The van der Waals surface area contributed by atoms with Crippen molar-refractivity contribution in [1.29, 1.82) is 0 Å². The van der Waals surface area contributed by atoms with Gasteiger partial charge in [-0.2, -0.15) is 0 Å². The summed E-state index contributed by atoms with van der Waals surface area (Å²) in [6.45, 7) is 6.21. The topological polar surface area (TPSA) is 84.2 Å². The number of amides is 1. The van der Waals surface area contributed by atoms with Gasteiger partial charge in [-0.25, -0.2) is 15.0 Å². The first kappa shape index (κ1) is 19.4. The van der Waals surface area contributed by atoms with E-state index >= 15 is 0 Å². The lowest BCUT2D eigenvalue weighted by Crippen LogP contribution is -2.43. The Labute approximate surface area is 170 Å². The van der Waals surface area contributed by atoms with Crippen LogP contribution in [0.2, 0.25) is 0 Å². The maximum atomic E-state index is 12.6. The van der Waals surface area contributed by atoms with Gasteiger partial charge in [-0.15, -0.1) is 0 Å². The van der Waals surface area contributed by atoms with E-state index in [1.165, 1.54) is 0 Å². The first-order valence-electron chi connectivity index (χ1n) is 10.4. The van der Waals surface area contributed by atoms with Gasteiger partial charge in [0.1, 0.15) is 11.3 Å². The number of nitrogens with one attached hydrogen (secondary N) is 1. The highest BCUT2D eigenvalue weighted by Crippen LogP contribution is 2.25. The van der Waals surface area contributed by atoms with Crippen molar-refractivity contribution in [2.75, 3.05) is 18.0 Å². The summed E-state index contributed by atoms with van der Waals surface area (Å²) >= 11 is 0. The Morgan fingerprint density at radius 3 is 2.86 bits per heavy atom. The van der Waals surface area contributed by atoms with Crippen molar-refractivity contribution in [3.63, 3.8) is 0 Å². The first-order chi connectivity index (χ1) is 14.2. The quantitative estimate of drug-likeness (QED) is 0.692. The zero-order valence-corrected chi connectivity index (χ0v) is 17.0. The van der Waals surface area contributed by atoms with E-state index in [2.05, 4.69) is 40.1 Å². The fourth-order valence-electron chi connectivity index (χ4n) is 3.90. The molecule has 1 amide bonds. The fraction of sp³-hybridized carbons (Fsp3) is 0.455. The van der Waals surface area contributed by atoms with Crippen LogP contribution in [0.3, 0.4) is 0 Å². The van der Waals surface area contributed by atoms with Crippen LogP contribution in [-0.4, -0.2) is 33.9 Å². The van der Waals surface area contributed by atoms with Crippen LogP contribution in [0.25, 0.3) is 11.2 Å². The van der Waals surface area contributed by atoms with Gasteiger partial charge < -0.3 is 14.6 Å². The number of piperidine rings is 1. The van der Waals surface area contributed by atoms with Crippen LogP contribution in [0.5, 0.6) is 0 Å². The van der Waals surface area contributed by atoms with E-state index in [1.54, 1.807) is 6.26 Å². The first-order valence-corrected chi connectivity index (χ1v) is 10.4. The summed E-state index contributed by atoms with van der Waals surface area (Å²) in [6, 6.07) is 5.74. The van der Waals surface area contributed by atoms with Gasteiger partial charge in [0.05, 0.1) is 42.0 Å². The highest BCUT2D eigenvalue weighted by atomic mass is 16.3. The van der Waals surface area contributed by atoms with Crippen molar-refractivity contribution in [3.8, 4) is 0 Å². The van der Waals surface area contributed by atoms with Crippen LogP contribution in [-0.2, 0) is 24.2 Å². The van der Waals surface area contributed by atoms with Gasteiger partial charge in [0.15, 0.2) is 5.65 Å². The van der Waals surface area contributed by atoms with Crippen LogP contribution in [0.4, 0.5) is 5.69 Å². The molecule has 3 aromatic heterocycles. The number of anilines is 1. The Hall–Kier alpha value is -2.96. The molecule has 0 aliphatic carbocycles. The number of fused-ring (bicyclic) bond motifs is 1. The molecule has 0 radical (unpaired) electrons. The predicted molar refractivity (Wildman–Crippen MR) is 112 cm³/mol. The van der Waals surface area contributed by atoms with Crippen molar-refractivity contribution in [2.24, 2.45) is 5.92 Å². The molecule has 4 heterocycles. The van der Waals surface area contributed by atoms with Crippen molar-refractivity contribution >= 4 is 22.8 Å². The lowest BCUT2D eigenvalue weighted by Gasteiger charge is -2.33. The molecule has 1 saturated heterocycles. The van der Waals surface area contributed by atoms with Crippen molar-refractivity contribution < 1.29 is 9.21 Å². The number of rotatable bonds is 6. The minimum atomic E-state index is -0.0471. The normalized spacial score (nSPS) is 16.9. The number of hydrogen-bond donors (Lipinski definition) is 1. The second kappa shape index (κ2) is 8.59. The number of hydrogen-bond acceptors (Lipinski definition) is 6. The number of pyridine rings is 1. The molecule has 0 aromatic carbocycles. The zero-order valence-electron chi connectivity index (χ0n) is 17.0. The number of aromatic nitrogens is 3. The van der Waals surface area contributed by atoms with Crippen molar-refractivity contribution in [1.82, 2.24) is 20.3 Å². The second-order valence-corrected chi connectivity index (χ2v) is 7.44. The molecule has 152 valence electrons. The van der Waals surface area contributed by atoms with E-state index in [1.807, 2.05) is 18.3 Å². The molecule has 0 spiro atoms. The summed E-state index contributed by atoms with van der Waals surface area (Å²) in [4.78, 5) is 28.9. The molecule has 1 atom stereocenters. The van der Waals surface area contributed by atoms with Gasteiger partial charge in [0, 0.05) is 13.1 Å². The van der Waals surface area contributed by atoms with Gasteiger partial charge in [-0.05, 0) is 43.9 Å². The van der Waals surface area contributed by atoms with Gasteiger partial charge in [-0.1, -0.05) is 13.8 Å². The second-order valence-electron chi connectivity index (χ2n) is 7.44. The van der Waals surface area contributed by atoms with E-state index in [4.69, 9.17) is 9.40 Å². The molecule has 1 aliphatic rings. The summed E-state index contributed by atoms with van der Waals surface area (Å²) in [5.74, 6) is 0.788. The molecular weight excluding hydrogens is 366 g/mol. The minimum Gasteiger partial charge on any atom is -0.467 e. The van der Waals surface area contributed by atoms with Gasteiger partial charge in [-0.3, -0.25) is 4.79 Å². The molecular formula is C22H27N5O2. The minimum absolute atomic E-state index is 0.0471. The van der Waals surface area contributed by atoms with Crippen LogP contribution in [0.1, 0.15) is 43.8 Å². The largest absolute Gasteiger partial charge is 0.467 e. The monoisotopic (exact) mass is 393 g/mol. The average molecular weight is 393 g/mol. The summed E-state index contributed by atoms with van der Waals surface area (Å²) < 4.78 is 5.29. The summed E-state index contributed by atoms with van der Waals surface area (Å²) in [5, 5.41) is 2.99. The van der Waals surface area contributed by atoms with Crippen LogP contribution in [0, 0.1) is 5.92 Å². The van der Waals surface area contributed by atoms with E-state index in [9.17, 15) is 4.79 Å². The average Bonchev–Trinajstić information content (AvgIpc) is 3.29. The highest BCUT2D eigenvalue weighted by molar-refractivity contribution is 5.80. The number of carbonyl (C=O) groups is 1. The number of furan rings is 1. The molecule has 7 nitrogen and oxygen atoms in total. The molecule has 4 rings (SSSR count). The molecule has 1 fully saturated rings. The molecule has 1 unspecified atom stereocenters. The SMILES string of the molecule is CCc1nc2cc(N3CCCC(C(=O)NCc4ccco4)C3)cnc2nc1CC. The van der Waals surface area contributed by atoms with E-state index in [0.717, 1.165) is 60.6 Å². The number of nitrogens with zero attached hydrogens (tertiary/aromatic N) is 4. The molecule has 0 saturated carbocycles. The lowest BCUT2D eigenvalue weighted by molar-refractivity contribution is -0.125. The predicted octanol–water partition coefficient (Wildman–Crippen LogP) is 3.28. The number of aryl methyl sites for hydroxylation is 2. The molecule has 0 bridgehead atoms. The third-order valence-corrected chi connectivity index (χ3v) is 5.51. The van der Waals surface area contributed by atoms with E-state index in [0.29, 0.717) is 18.7 Å². The smallest absolute Gasteiger partial charge is 0.225 e. The maximum absolute atomic E-state index is 12.6. The Morgan fingerprint density at radius 2 is 2.10 bits per heavy atom. The van der Waals surface area contributed by atoms with E-state index < -0.39 is 0 Å². The lowest BCUT2D eigenvalue weighted by atomic mass is 9.96. The molecule has 1 N–H and O–H groups in total. The molecule has 7 heteroatoms. The highest BCUT2D eigenvalue weighted by Gasteiger charge is 2.26. The summed E-state index contributed by atoms with van der Waals surface area (Å²) in [6.07, 6.45) is 7.05. The van der Waals surface area contributed by atoms with Crippen molar-refractivity contribution in [2.45, 2.75) is 46.1 Å². The van der Waals surface area contributed by atoms with Crippen LogP contribution in [0.15, 0.2) is 35.1 Å². The molecule has 1 aliphatic heterocycles. The molecule has 3 aromatic rings. The molecule has 29 heavy (non-hydrogen) atoms. The van der Waals surface area contributed by atoms with Gasteiger partial charge >= 0.3 is 0 Å². The fourth-order valence-corrected chi connectivity index (χ4v) is 3.90. The maximum Gasteiger partial charge on any atom is 0.225 e. The van der Waals surface area contributed by atoms with Gasteiger partial charge in [0.2, 0.25) is 5.91 Å². The third-order valence-electron chi connectivity index (χ3n) is 5.51. The van der Waals surface area contributed by atoms with Crippen LogP contribution < -0.4 is 10.2 Å². The Morgan fingerprint density at radius 1 is 1.28 bits per heavy atom. The summed E-state index contributed by atoms with van der Waals surface area (Å²) in [7, 11) is 0. The third kappa shape index (κ3) is 4.23. The van der Waals surface area contributed by atoms with Crippen LogP contribution >= 0.6 is 0 Å².